The molecule has 1 aromatic rings. The van der Waals surface area contributed by atoms with Crippen molar-refractivity contribution in [3.05, 3.63) is 29.5 Å². The molecule has 2 bridgehead atoms. The molecule has 3 heterocycles. The van der Waals surface area contributed by atoms with Crippen molar-refractivity contribution in [2.24, 2.45) is 0 Å². The van der Waals surface area contributed by atoms with Gasteiger partial charge in [-0.15, -0.1) is 0 Å². The van der Waals surface area contributed by atoms with E-state index in [1.165, 1.54) is 13.3 Å². The van der Waals surface area contributed by atoms with Gasteiger partial charge >= 0.3 is 6.18 Å². The van der Waals surface area contributed by atoms with Crippen LogP contribution in [-0.2, 0) is 10.9 Å². The third kappa shape index (κ3) is 2.40. The van der Waals surface area contributed by atoms with Crippen LogP contribution >= 0.6 is 0 Å². The van der Waals surface area contributed by atoms with Crippen LogP contribution in [0.2, 0.25) is 0 Å². The smallest absolute Gasteiger partial charge is 0.421 e. The zero-order chi connectivity index (χ0) is 14.3. The number of hydrogen-bond acceptors (Lipinski definition) is 3. The molecule has 3 rings (SSSR count). The summed E-state index contributed by atoms with van der Waals surface area (Å²) in [5.74, 6) is -0.392. The number of aromatic nitrogens is 1. The van der Waals surface area contributed by atoms with Gasteiger partial charge in [-0.3, -0.25) is 0 Å². The average Bonchev–Trinajstić information content (AvgIpc) is 2.75. The number of methoxy groups -OCH3 is 1. The molecule has 0 aliphatic carbocycles. The van der Waals surface area contributed by atoms with Gasteiger partial charge in [0.15, 0.2) is 0 Å². The maximum Gasteiger partial charge on any atom is 0.421 e. The Kier molecular flexibility index (Phi) is 3.20. The normalized spacial score (nSPS) is 25.5. The third-order valence-electron chi connectivity index (χ3n) is 3.70. The first-order valence-corrected chi connectivity index (χ1v) is 6.45. The summed E-state index contributed by atoms with van der Waals surface area (Å²) < 4.78 is 49.3. The molecular formula is C14H14F3NO2. The predicted molar refractivity (Wildman–Crippen MR) is 66.3 cm³/mol. The molecule has 1 fully saturated rings. The van der Waals surface area contributed by atoms with E-state index < -0.39 is 17.6 Å². The van der Waals surface area contributed by atoms with Crippen molar-refractivity contribution in [1.29, 1.82) is 0 Å². The first kappa shape index (κ1) is 13.4. The first-order chi connectivity index (χ1) is 9.47. The van der Waals surface area contributed by atoms with E-state index in [-0.39, 0.29) is 12.2 Å². The minimum Gasteiger partial charge on any atom is -0.481 e. The Morgan fingerprint density at radius 3 is 2.80 bits per heavy atom. The van der Waals surface area contributed by atoms with Gasteiger partial charge in [-0.25, -0.2) is 4.98 Å². The highest BCUT2D eigenvalue weighted by Crippen LogP contribution is 2.40. The Morgan fingerprint density at radius 2 is 2.15 bits per heavy atom. The minimum atomic E-state index is -4.47. The molecule has 0 spiro atoms. The van der Waals surface area contributed by atoms with Crippen LogP contribution in [0.3, 0.4) is 0 Å². The molecule has 0 radical (unpaired) electrons. The number of rotatable bonds is 2. The van der Waals surface area contributed by atoms with Crippen molar-refractivity contribution in [1.82, 2.24) is 4.98 Å². The van der Waals surface area contributed by atoms with E-state index in [4.69, 9.17) is 9.47 Å². The molecule has 20 heavy (non-hydrogen) atoms. The van der Waals surface area contributed by atoms with Crippen molar-refractivity contribution in [3.8, 4) is 5.88 Å². The lowest BCUT2D eigenvalue weighted by Crippen LogP contribution is -2.16. The second kappa shape index (κ2) is 4.77. The number of hydrogen-bond donors (Lipinski definition) is 0. The van der Waals surface area contributed by atoms with Gasteiger partial charge in [0.1, 0.15) is 5.56 Å². The Balaban J connectivity index is 1.99. The summed E-state index contributed by atoms with van der Waals surface area (Å²) in [6, 6.07) is 1.11. The van der Waals surface area contributed by atoms with Crippen molar-refractivity contribution in [2.75, 3.05) is 7.11 Å². The predicted octanol–water partition coefficient (Wildman–Crippen LogP) is 3.44. The SMILES string of the molecule is COc1ncc(C2=CC3CCC(C2)O3)cc1C(F)(F)F. The van der Waals surface area contributed by atoms with Crippen LogP contribution in [0.15, 0.2) is 18.3 Å². The van der Waals surface area contributed by atoms with Gasteiger partial charge in [0.25, 0.3) is 0 Å². The van der Waals surface area contributed by atoms with Crippen LogP contribution in [0.5, 0.6) is 5.88 Å². The summed E-state index contributed by atoms with van der Waals surface area (Å²) >= 11 is 0. The highest BCUT2D eigenvalue weighted by Gasteiger charge is 2.36. The summed E-state index contributed by atoms with van der Waals surface area (Å²) in [7, 11) is 1.19. The van der Waals surface area contributed by atoms with Gasteiger partial charge in [0, 0.05) is 6.20 Å². The molecule has 2 aliphatic heterocycles. The Morgan fingerprint density at radius 1 is 1.35 bits per heavy atom. The highest BCUT2D eigenvalue weighted by atomic mass is 19.4. The van der Waals surface area contributed by atoms with Gasteiger partial charge in [0.05, 0.1) is 19.3 Å². The molecule has 2 unspecified atom stereocenters. The molecule has 3 nitrogen and oxygen atoms in total. The van der Waals surface area contributed by atoms with Gasteiger partial charge in [0.2, 0.25) is 5.88 Å². The highest BCUT2D eigenvalue weighted by molar-refractivity contribution is 5.68. The van der Waals surface area contributed by atoms with Crippen LogP contribution in [-0.4, -0.2) is 24.3 Å². The molecule has 1 aromatic heterocycles. The standard InChI is InChI=1S/C14H14F3NO2/c1-19-13-12(14(15,16)17)6-9(7-18-13)8-4-10-2-3-11(5-8)20-10/h4,6-7,10-11H,2-3,5H2,1H3. The monoisotopic (exact) mass is 285 g/mol. The molecular weight excluding hydrogens is 271 g/mol. The fraction of sp³-hybridized carbons (Fsp3) is 0.500. The van der Waals surface area contributed by atoms with E-state index in [9.17, 15) is 13.2 Å². The molecule has 6 heteroatoms. The van der Waals surface area contributed by atoms with Crippen LogP contribution in [0.1, 0.15) is 30.4 Å². The lowest BCUT2D eigenvalue weighted by molar-refractivity contribution is -0.139. The summed E-state index contributed by atoms with van der Waals surface area (Å²) in [5.41, 5.74) is 0.542. The molecule has 2 aliphatic rings. The molecule has 2 atom stereocenters. The van der Waals surface area contributed by atoms with E-state index in [1.807, 2.05) is 6.08 Å². The molecule has 0 N–H and O–H groups in total. The number of ether oxygens (including phenoxy) is 2. The third-order valence-corrected chi connectivity index (χ3v) is 3.70. The van der Waals surface area contributed by atoms with E-state index >= 15 is 0 Å². The Labute approximate surface area is 114 Å². The average molecular weight is 285 g/mol. The van der Waals surface area contributed by atoms with E-state index in [2.05, 4.69) is 4.98 Å². The van der Waals surface area contributed by atoms with Crippen molar-refractivity contribution in [3.63, 3.8) is 0 Å². The number of alkyl halides is 3. The van der Waals surface area contributed by atoms with E-state index in [0.29, 0.717) is 12.0 Å². The van der Waals surface area contributed by atoms with Gasteiger partial charge < -0.3 is 9.47 Å². The minimum absolute atomic E-state index is 0.0280. The second-order valence-corrected chi connectivity index (χ2v) is 5.05. The Bertz CT molecular complexity index is 554. The summed E-state index contributed by atoms with van der Waals surface area (Å²) in [5, 5.41) is 0. The number of fused-ring (bicyclic) bond motifs is 2. The number of nitrogens with zero attached hydrogens (tertiary/aromatic N) is 1. The maximum atomic E-state index is 13.0. The largest absolute Gasteiger partial charge is 0.481 e. The molecule has 1 saturated heterocycles. The van der Waals surface area contributed by atoms with E-state index in [0.717, 1.165) is 24.5 Å². The first-order valence-electron chi connectivity index (χ1n) is 6.45. The zero-order valence-electron chi connectivity index (χ0n) is 10.9. The fourth-order valence-electron chi connectivity index (χ4n) is 2.75. The summed E-state index contributed by atoms with van der Waals surface area (Å²) in [6.45, 7) is 0. The van der Waals surface area contributed by atoms with Crippen molar-refractivity contribution in [2.45, 2.75) is 37.6 Å². The topological polar surface area (TPSA) is 31.4 Å². The summed E-state index contributed by atoms with van der Waals surface area (Å²) in [4.78, 5) is 3.79. The van der Waals surface area contributed by atoms with Gasteiger partial charge in [-0.05, 0) is 36.5 Å². The van der Waals surface area contributed by atoms with Gasteiger partial charge in [-0.1, -0.05) is 6.08 Å². The van der Waals surface area contributed by atoms with Crippen LogP contribution in [0, 0.1) is 0 Å². The van der Waals surface area contributed by atoms with E-state index in [1.54, 1.807) is 0 Å². The molecule has 108 valence electrons. The quantitative estimate of drug-likeness (QED) is 0.834. The van der Waals surface area contributed by atoms with Crippen molar-refractivity contribution < 1.29 is 22.6 Å². The lowest BCUT2D eigenvalue weighted by Gasteiger charge is -2.21. The van der Waals surface area contributed by atoms with Crippen LogP contribution in [0.25, 0.3) is 5.57 Å². The molecule has 0 amide bonds. The molecule has 0 saturated carbocycles. The van der Waals surface area contributed by atoms with Gasteiger partial charge in [-0.2, -0.15) is 13.2 Å². The fourth-order valence-corrected chi connectivity index (χ4v) is 2.75. The second-order valence-electron chi connectivity index (χ2n) is 5.05. The maximum absolute atomic E-state index is 13.0. The number of halogens is 3. The summed E-state index contributed by atoms with van der Waals surface area (Å²) in [6.07, 6.45) is 1.56. The van der Waals surface area contributed by atoms with Crippen molar-refractivity contribution >= 4 is 5.57 Å². The van der Waals surface area contributed by atoms with Crippen LogP contribution < -0.4 is 4.74 Å². The lowest BCUT2D eigenvalue weighted by atomic mass is 9.98. The molecule has 0 aromatic carbocycles. The van der Waals surface area contributed by atoms with Crippen LogP contribution in [0.4, 0.5) is 13.2 Å². The zero-order valence-corrected chi connectivity index (χ0v) is 10.9. The Hall–Kier alpha value is -1.56. The number of pyridine rings is 1.